The number of aliphatic hydroxyl groups excluding tert-OH is 1. The molecule has 0 bridgehead atoms. The Morgan fingerprint density at radius 3 is 2.59 bits per heavy atom. The molecule has 7 heteroatoms. The highest BCUT2D eigenvalue weighted by Crippen LogP contribution is 2.33. The number of ether oxygens (including phenoxy) is 1. The van der Waals surface area contributed by atoms with Crippen molar-refractivity contribution in [3.05, 3.63) is 35.0 Å². The standard InChI is InChI=1S/C15H15Cl4NO2/c1-2-7-22-12-6-5-11(16)10-4-3-9(20-14(10)12)8-13(21)15(17,18)19/h3-6,13,21H,2,7-8H2,1H3/t13-/m0/s1. The van der Waals surface area contributed by atoms with E-state index in [0.29, 0.717) is 28.6 Å². The number of fused-ring (bicyclic) bond motifs is 1. The zero-order chi connectivity index (χ0) is 16.3. The molecule has 1 aromatic heterocycles. The van der Waals surface area contributed by atoms with Crippen molar-refractivity contribution in [2.45, 2.75) is 29.7 Å². The largest absolute Gasteiger partial charge is 0.491 e. The summed E-state index contributed by atoms with van der Waals surface area (Å²) in [5, 5.41) is 11.2. The molecule has 0 fully saturated rings. The van der Waals surface area contributed by atoms with E-state index in [1.54, 1.807) is 18.2 Å². The third kappa shape index (κ3) is 4.30. The summed E-state index contributed by atoms with van der Waals surface area (Å²) in [6.07, 6.45) is -0.149. The summed E-state index contributed by atoms with van der Waals surface area (Å²) < 4.78 is 3.93. The first-order valence-electron chi connectivity index (χ1n) is 6.78. The van der Waals surface area contributed by atoms with Gasteiger partial charge in [0.15, 0.2) is 0 Å². The molecule has 0 saturated carbocycles. The lowest BCUT2D eigenvalue weighted by Gasteiger charge is -2.18. The van der Waals surface area contributed by atoms with Gasteiger partial charge >= 0.3 is 0 Å². The molecule has 0 aliphatic carbocycles. The fourth-order valence-electron chi connectivity index (χ4n) is 1.95. The highest BCUT2D eigenvalue weighted by Gasteiger charge is 2.31. The molecule has 3 nitrogen and oxygen atoms in total. The number of aromatic nitrogens is 1. The SMILES string of the molecule is CCCOc1ccc(Cl)c2ccc(C[C@H](O)C(Cl)(Cl)Cl)nc12. The normalized spacial score (nSPS) is 13.4. The zero-order valence-corrected chi connectivity index (χ0v) is 14.8. The van der Waals surface area contributed by atoms with Gasteiger partial charge in [-0.05, 0) is 30.7 Å². The van der Waals surface area contributed by atoms with Gasteiger partial charge in [-0.2, -0.15) is 0 Å². The Labute approximate surface area is 149 Å². The van der Waals surface area contributed by atoms with E-state index in [1.807, 2.05) is 13.0 Å². The van der Waals surface area contributed by atoms with Crippen LogP contribution in [0.25, 0.3) is 10.9 Å². The molecule has 2 aromatic rings. The van der Waals surface area contributed by atoms with Gasteiger partial charge in [-0.15, -0.1) is 0 Å². The van der Waals surface area contributed by atoms with E-state index in [9.17, 15) is 5.11 Å². The van der Waals surface area contributed by atoms with Crippen molar-refractivity contribution in [2.75, 3.05) is 6.61 Å². The molecule has 22 heavy (non-hydrogen) atoms. The van der Waals surface area contributed by atoms with Crippen LogP contribution in [-0.4, -0.2) is 26.6 Å². The van der Waals surface area contributed by atoms with Gasteiger partial charge in [0.2, 0.25) is 3.79 Å². The number of halogens is 4. The maximum atomic E-state index is 9.88. The van der Waals surface area contributed by atoms with E-state index in [-0.39, 0.29) is 6.42 Å². The van der Waals surface area contributed by atoms with Gasteiger partial charge in [-0.1, -0.05) is 53.3 Å². The van der Waals surface area contributed by atoms with Crippen molar-refractivity contribution in [1.29, 1.82) is 0 Å². The summed E-state index contributed by atoms with van der Waals surface area (Å²) in [7, 11) is 0. The highest BCUT2D eigenvalue weighted by atomic mass is 35.6. The molecule has 1 N–H and O–H groups in total. The van der Waals surface area contributed by atoms with Gasteiger partial charge in [0.1, 0.15) is 17.4 Å². The predicted molar refractivity (Wildman–Crippen MR) is 92.5 cm³/mol. The molecule has 0 amide bonds. The Morgan fingerprint density at radius 1 is 1.23 bits per heavy atom. The van der Waals surface area contributed by atoms with Crippen LogP contribution in [0.4, 0.5) is 0 Å². The van der Waals surface area contributed by atoms with Crippen LogP contribution < -0.4 is 4.74 Å². The number of hydrogen-bond acceptors (Lipinski definition) is 3. The van der Waals surface area contributed by atoms with Crippen LogP contribution in [0.1, 0.15) is 19.0 Å². The fourth-order valence-corrected chi connectivity index (χ4v) is 2.40. The Hall–Kier alpha value is -0.450. The Bertz CT molecular complexity index is 658. The monoisotopic (exact) mass is 381 g/mol. The fraction of sp³-hybridized carbons (Fsp3) is 0.400. The van der Waals surface area contributed by atoms with Gasteiger partial charge in [0, 0.05) is 17.5 Å². The molecule has 0 aliphatic rings. The topological polar surface area (TPSA) is 42.4 Å². The minimum atomic E-state index is -1.76. The zero-order valence-electron chi connectivity index (χ0n) is 11.8. The van der Waals surface area contributed by atoms with Crippen LogP contribution in [0.2, 0.25) is 5.02 Å². The van der Waals surface area contributed by atoms with E-state index in [1.165, 1.54) is 0 Å². The number of aliphatic hydroxyl groups is 1. The molecule has 0 radical (unpaired) electrons. The molecule has 0 saturated heterocycles. The number of benzene rings is 1. The van der Waals surface area contributed by atoms with Gasteiger partial charge < -0.3 is 9.84 Å². The third-order valence-electron chi connectivity index (χ3n) is 3.07. The average Bonchev–Trinajstić information content (AvgIpc) is 2.45. The Morgan fingerprint density at radius 2 is 1.95 bits per heavy atom. The van der Waals surface area contributed by atoms with Crippen molar-refractivity contribution in [3.63, 3.8) is 0 Å². The molecule has 120 valence electrons. The van der Waals surface area contributed by atoms with Crippen LogP contribution >= 0.6 is 46.4 Å². The molecule has 0 unspecified atom stereocenters. The minimum absolute atomic E-state index is 0.117. The van der Waals surface area contributed by atoms with Crippen molar-refractivity contribution in [2.24, 2.45) is 0 Å². The molecule has 0 aliphatic heterocycles. The van der Waals surface area contributed by atoms with E-state index in [4.69, 9.17) is 51.1 Å². The second-order valence-electron chi connectivity index (χ2n) is 4.85. The summed E-state index contributed by atoms with van der Waals surface area (Å²) in [6.45, 7) is 2.60. The molecular weight excluding hydrogens is 368 g/mol. The first-order valence-corrected chi connectivity index (χ1v) is 8.29. The smallest absolute Gasteiger partial charge is 0.216 e. The van der Waals surface area contributed by atoms with Crippen LogP contribution in [0.3, 0.4) is 0 Å². The van der Waals surface area contributed by atoms with E-state index in [0.717, 1.165) is 11.8 Å². The summed E-state index contributed by atoms with van der Waals surface area (Å²) in [5.74, 6) is 0.645. The maximum absolute atomic E-state index is 9.88. The molecule has 1 atom stereocenters. The quantitative estimate of drug-likeness (QED) is 0.743. The molecule has 0 spiro atoms. The van der Waals surface area contributed by atoms with Gasteiger partial charge in [0.25, 0.3) is 0 Å². The lowest BCUT2D eigenvalue weighted by Crippen LogP contribution is -2.27. The van der Waals surface area contributed by atoms with Crippen LogP contribution in [0.15, 0.2) is 24.3 Å². The van der Waals surface area contributed by atoms with Crippen molar-refractivity contribution in [1.82, 2.24) is 4.98 Å². The number of rotatable bonds is 5. The number of alkyl halides is 3. The van der Waals surface area contributed by atoms with Gasteiger partial charge in [0.05, 0.1) is 11.6 Å². The first-order chi connectivity index (χ1) is 10.3. The second kappa shape index (κ2) is 7.41. The molecule has 1 aromatic carbocycles. The Kier molecular flexibility index (Phi) is 6.03. The van der Waals surface area contributed by atoms with Gasteiger partial charge in [-0.25, -0.2) is 4.98 Å². The highest BCUT2D eigenvalue weighted by molar-refractivity contribution is 6.68. The van der Waals surface area contributed by atoms with Crippen molar-refractivity contribution in [3.8, 4) is 5.75 Å². The molecule has 1 heterocycles. The number of hydrogen-bond donors (Lipinski definition) is 1. The molecule has 2 rings (SSSR count). The Balaban J connectivity index is 2.39. The predicted octanol–water partition coefficient (Wildman–Crippen LogP) is 4.95. The van der Waals surface area contributed by atoms with Crippen LogP contribution in [0.5, 0.6) is 5.75 Å². The van der Waals surface area contributed by atoms with E-state index >= 15 is 0 Å². The summed E-state index contributed by atoms with van der Waals surface area (Å²) in [6, 6.07) is 7.12. The van der Waals surface area contributed by atoms with E-state index < -0.39 is 9.90 Å². The second-order valence-corrected chi connectivity index (χ2v) is 7.63. The first kappa shape index (κ1) is 17.9. The summed E-state index contributed by atoms with van der Waals surface area (Å²) in [4.78, 5) is 4.50. The van der Waals surface area contributed by atoms with Crippen LogP contribution in [0, 0.1) is 0 Å². The molecular formula is C15H15Cl4NO2. The summed E-state index contributed by atoms with van der Waals surface area (Å²) >= 11 is 23.2. The number of pyridine rings is 1. The average molecular weight is 383 g/mol. The lowest BCUT2D eigenvalue weighted by atomic mass is 10.1. The summed E-state index contributed by atoms with van der Waals surface area (Å²) in [5.41, 5.74) is 1.23. The van der Waals surface area contributed by atoms with Crippen LogP contribution in [-0.2, 0) is 6.42 Å². The van der Waals surface area contributed by atoms with Gasteiger partial charge in [-0.3, -0.25) is 0 Å². The minimum Gasteiger partial charge on any atom is -0.491 e. The van der Waals surface area contributed by atoms with Crippen molar-refractivity contribution < 1.29 is 9.84 Å². The number of nitrogens with zero attached hydrogens (tertiary/aromatic N) is 1. The third-order valence-corrected chi connectivity index (χ3v) is 4.15. The van der Waals surface area contributed by atoms with Crippen molar-refractivity contribution >= 4 is 57.3 Å². The lowest BCUT2D eigenvalue weighted by molar-refractivity contribution is 0.178. The maximum Gasteiger partial charge on any atom is 0.216 e. The van der Waals surface area contributed by atoms with E-state index in [2.05, 4.69) is 4.98 Å².